The third-order valence-electron chi connectivity index (χ3n) is 1.31. The van der Waals surface area contributed by atoms with Crippen molar-refractivity contribution in [1.29, 1.82) is 0 Å². The molecule has 0 unspecified atom stereocenters. The maximum Gasteiger partial charge on any atom is 0.337 e. The number of nitrogens with zero attached hydrogens (tertiary/aromatic N) is 1. The normalized spacial score (nSPS) is 9.64. The van der Waals surface area contributed by atoms with Gasteiger partial charge in [-0.2, -0.15) is 0 Å². The summed E-state index contributed by atoms with van der Waals surface area (Å²) in [5.74, 6) is -0.925. The van der Waals surface area contributed by atoms with Gasteiger partial charge in [-0.05, 0) is 41.1 Å². The van der Waals surface area contributed by atoms with Crippen LogP contribution in [0, 0.1) is 10.6 Å². The van der Waals surface area contributed by atoms with Crippen LogP contribution in [0.15, 0.2) is 12.3 Å². The van der Waals surface area contributed by atoms with Crippen LogP contribution in [-0.4, -0.2) is 16.1 Å². The van der Waals surface area contributed by atoms with E-state index in [1.807, 2.05) is 22.6 Å². The van der Waals surface area contributed by atoms with Crippen molar-refractivity contribution in [3.63, 3.8) is 0 Å². The van der Waals surface area contributed by atoms with Gasteiger partial charge >= 0.3 is 5.97 Å². The number of carboxylic acid groups (broad SMARTS) is 1. The third-order valence-corrected chi connectivity index (χ3v) is 1.90. The van der Waals surface area contributed by atoms with Crippen LogP contribution in [0.25, 0.3) is 0 Å². The SMILES string of the molecule is Cc1cc(I)ncc1C(=O)O. The van der Waals surface area contributed by atoms with Crippen LogP contribution < -0.4 is 0 Å². The molecule has 58 valence electrons. The van der Waals surface area contributed by atoms with Crippen molar-refractivity contribution in [3.8, 4) is 0 Å². The Hall–Kier alpha value is -0.650. The summed E-state index contributed by atoms with van der Waals surface area (Å²) < 4.78 is 0.810. The number of aromatic nitrogens is 1. The molecule has 1 rings (SSSR count). The zero-order valence-corrected chi connectivity index (χ0v) is 7.99. The highest BCUT2D eigenvalue weighted by Crippen LogP contribution is 2.09. The smallest absolute Gasteiger partial charge is 0.337 e. The van der Waals surface area contributed by atoms with E-state index in [1.54, 1.807) is 13.0 Å². The second-order valence-corrected chi connectivity index (χ2v) is 3.23. The molecular formula is C7H6INO2. The van der Waals surface area contributed by atoms with Gasteiger partial charge in [0.2, 0.25) is 0 Å². The van der Waals surface area contributed by atoms with Crippen LogP contribution in [0.3, 0.4) is 0 Å². The van der Waals surface area contributed by atoms with Gasteiger partial charge in [0.1, 0.15) is 3.70 Å². The molecule has 1 aromatic rings. The first-order valence-electron chi connectivity index (χ1n) is 2.96. The number of hydrogen-bond acceptors (Lipinski definition) is 2. The minimum Gasteiger partial charge on any atom is -0.478 e. The molecular weight excluding hydrogens is 257 g/mol. The van der Waals surface area contributed by atoms with E-state index < -0.39 is 5.97 Å². The minimum atomic E-state index is -0.925. The molecule has 1 N–H and O–H groups in total. The quantitative estimate of drug-likeness (QED) is 0.619. The first kappa shape index (κ1) is 8.45. The van der Waals surface area contributed by atoms with Crippen molar-refractivity contribution in [1.82, 2.24) is 4.98 Å². The summed E-state index contributed by atoms with van der Waals surface area (Å²) in [6.45, 7) is 1.76. The Morgan fingerprint density at radius 2 is 2.36 bits per heavy atom. The molecule has 0 amide bonds. The van der Waals surface area contributed by atoms with Crippen molar-refractivity contribution >= 4 is 28.6 Å². The molecule has 11 heavy (non-hydrogen) atoms. The Morgan fingerprint density at radius 1 is 1.73 bits per heavy atom. The third kappa shape index (κ3) is 1.89. The van der Waals surface area contributed by atoms with Gasteiger partial charge in [-0.25, -0.2) is 9.78 Å². The highest BCUT2D eigenvalue weighted by Gasteiger charge is 2.06. The van der Waals surface area contributed by atoms with Crippen LogP contribution in [0.5, 0.6) is 0 Å². The molecule has 0 saturated carbocycles. The number of rotatable bonds is 1. The lowest BCUT2D eigenvalue weighted by Crippen LogP contribution is -2.00. The maximum absolute atomic E-state index is 10.5. The summed E-state index contributed by atoms with van der Waals surface area (Å²) >= 11 is 2.04. The Bertz CT molecular complexity index is 298. The number of halogens is 1. The Morgan fingerprint density at radius 3 is 2.82 bits per heavy atom. The number of carbonyl (C=O) groups is 1. The first-order chi connectivity index (χ1) is 5.11. The van der Waals surface area contributed by atoms with Gasteiger partial charge in [0.05, 0.1) is 5.56 Å². The summed E-state index contributed by atoms with van der Waals surface area (Å²) in [4.78, 5) is 14.4. The highest BCUT2D eigenvalue weighted by atomic mass is 127. The number of pyridine rings is 1. The molecule has 0 aliphatic heterocycles. The maximum atomic E-state index is 10.5. The molecule has 0 fully saturated rings. The van der Waals surface area contributed by atoms with E-state index in [4.69, 9.17) is 5.11 Å². The van der Waals surface area contributed by atoms with Crippen LogP contribution >= 0.6 is 22.6 Å². The summed E-state index contributed by atoms with van der Waals surface area (Å²) in [6.07, 6.45) is 1.37. The van der Waals surface area contributed by atoms with Crippen LogP contribution in [0.2, 0.25) is 0 Å². The fourth-order valence-electron chi connectivity index (χ4n) is 0.746. The van der Waals surface area contributed by atoms with Crippen molar-refractivity contribution in [2.75, 3.05) is 0 Å². The molecule has 0 saturated heterocycles. The van der Waals surface area contributed by atoms with E-state index >= 15 is 0 Å². The van der Waals surface area contributed by atoms with Gasteiger partial charge in [-0.3, -0.25) is 0 Å². The molecule has 0 aliphatic carbocycles. The van der Waals surface area contributed by atoms with E-state index in [0.29, 0.717) is 0 Å². The fourth-order valence-corrected chi connectivity index (χ4v) is 1.35. The molecule has 1 aromatic heterocycles. The molecule has 1 heterocycles. The summed E-state index contributed by atoms with van der Waals surface area (Å²) in [7, 11) is 0. The molecule has 0 bridgehead atoms. The topological polar surface area (TPSA) is 50.2 Å². The molecule has 0 aromatic carbocycles. The molecule has 0 atom stereocenters. The number of aromatic carboxylic acids is 1. The van der Waals surface area contributed by atoms with Gasteiger partial charge in [-0.15, -0.1) is 0 Å². The van der Waals surface area contributed by atoms with E-state index in [9.17, 15) is 4.79 Å². The molecule has 0 spiro atoms. The zero-order valence-electron chi connectivity index (χ0n) is 5.84. The van der Waals surface area contributed by atoms with E-state index in [1.165, 1.54) is 6.20 Å². The largest absolute Gasteiger partial charge is 0.478 e. The van der Waals surface area contributed by atoms with Gasteiger partial charge in [0.15, 0.2) is 0 Å². The van der Waals surface area contributed by atoms with E-state index in [2.05, 4.69) is 4.98 Å². The lowest BCUT2D eigenvalue weighted by atomic mass is 10.2. The average molecular weight is 263 g/mol. The monoisotopic (exact) mass is 263 g/mol. The summed E-state index contributed by atoms with van der Waals surface area (Å²) in [5, 5.41) is 8.61. The fraction of sp³-hybridized carbons (Fsp3) is 0.143. The van der Waals surface area contributed by atoms with Crippen molar-refractivity contribution in [3.05, 3.63) is 27.1 Å². The zero-order chi connectivity index (χ0) is 8.43. The number of hydrogen-bond donors (Lipinski definition) is 1. The second kappa shape index (κ2) is 3.17. The lowest BCUT2D eigenvalue weighted by molar-refractivity contribution is 0.0695. The number of aryl methyl sites for hydroxylation is 1. The van der Waals surface area contributed by atoms with Crippen LogP contribution in [0.1, 0.15) is 15.9 Å². The van der Waals surface area contributed by atoms with Gasteiger partial charge < -0.3 is 5.11 Å². The van der Waals surface area contributed by atoms with Crippen LogP contribution in [0.4, 0.5) is 0 Å². The Balaban J connectivity index is 3.20. The first-order valence-corrected chi connectivity index (χ1v) is 4.04. The van der Waals surface area contributed by atoms with Gasteiger partial charge in [-0.1, -0.05) is 0 Å². The number of carboxylic acids is 1. The molecule has 0 radical (unpaired) electrons. The minimum absolute atomic E-state index is 0.269. The lowest BCUT2D eigenvalue weighted by Gasteiger charge is -1.98. The Kier molecular flexibility index (Phi) is 2.43. The van der Waals surface area contributed by atoms with Gasteiger partial charge in [0.25, 0.3) is 0 Å². The summed E-state index contributed by atoms with van der Waals surface area (Å²) in [5.41, 5.74) is 1.02. The summed E-state index contributed by atoms with van der Waals surface area (Å²) in [6, 6.07) is 1.74. The van der Waals surface area contributed by atoms with Gasteiger partial charge in [0, 0.05) is 6.20 Å². The van der Waals surface area contributed by atoms with Crippen molar-refractivity contribution in [2.45, 2.75) is 6.92 Å². The molecule has 0 aliphatic rings. The predicted octanol–water partition coefficient (Wildman–Crippen LogP) is 1.69. The van der Waals surface area contributed by atoms with Crippen molar-refractivity contribution < 1.29 is 9.90 Å². The standard InChI is InChI=1S/C7H6INO2/c1-4-2-6(8)9-3-5(4)7(10)11/h2-3H,1H3,(H,10,11). The van der Waals surface area contributed by atoms with Crippen molar-refractivity contribution in [2.24, 2.45) is 0 Å². The second-order valence-electron chi connectivity index (χ2n) is 2.13. The Labute approximate surface area is 77.6 Å². The van der Waals surface area contributed by atoms with E-state index in [0.717, 1.165) is 9.26 Å². The van der Waals surface area contributed by atoms with Crippen LogP contribution in [-0.2, 0) is 0 Å². The highest BCUT2D eigenvalue weighted by molar-refractivity contribution is 14.1. The predicted molar refractivity (Wildman–Crippen MR) is 48.7 cm³/mol. The van der Waals surface area contributed by atoms with E-state index in [-0.39, 0.29) is 5.56 Å². The molecule has 4 heteroatoms. The molecule has 3 nitrogen and oxygen atoms in total. The average Bonchev–Trinajstić information content (AvgIpc) is 1.85.